The second kappa shape index (κ2) is 4.30. The molecule has 0 spiro atoms. The molecule has 0 aliphatic rings. The summed E-state index contributed by atoms with van der Waals surface area (Å²) in [5, 5.41) is 0. The molecule has 0 saturated heterocycles. The smallest absolute Gasteiger partial charge is 0.322 e. The van der Waals surface area contributed by atoms with Crippen LogP contribution in [0.1, 0.15) is 5.56 Å². The van der Waals surface area contributed by atoms with Gasteiger partial charge in [-0.2, -0.15) is 0 Å². The number of aromatic amines is 2. The number of imidazole rings is 1. The second-order valence-corrected chi connectivity index (χ2v) is 3.76. The Labute approximate surface area is 96.6 Å². The molecule has 1 aromatic carbocycles. The highest BCUT2D eigenvalue weighted by Gasteiger charge is 2.07. The number of amides is 2. The van der Waals surface area contributed by atoms with E-state index in [4.69, 9.17) is 5.84 Å². The maximum atomic E-state index is 11.2. The van der Waals surface area contributed by atoms with Crippen molar-refractivity contribution in [2.75, 3.05) is 7.05 Å². The summed E-state index contributed by atoms with van der Waals surface area (Å²) in [5.74, 6) is 5.03. The fraction of sp³-hybridized carbons (Fsp3) is 0.200. The molecule has 0 bridgehead atoms. The molecule has 0 fully saturated rings. The first-order chi connectivity index (χ1) is 8.10. The number of hydrogen-bond acceptors (Lipinski definition) is 3. The minimum absolute atomic E-state index is 0.245. The van der Waals surface area contributed by atoms with Gasteiger partial charge in [0.15, 0.2) is 0 Å². The van der Waals surface area contributed by atoms with E-state index in [0.29, 0.717) is 12.1 Å². The normalized spacial score (nSPS) is 10.5. The topological polar surface area (TPSA) is 107 Å². The maximum Gasteiger partial charge on any atom is 0.331 e. The van der Waals surface area contributed by atoms with E-state index in [2.05, 4.69) is 9.97 Å². The number of rotatable bonds is 2. The molecule has 2 aromatic rings. The lowest BCUT2D eigenvalue weighted by molar-refractivity contribution is 0.207. The Morgan fingerprint density at radius 2 is 2.12 bits per heavy atom. The molecule has 2 amide bonds. The Balaban J connectivity index is 2.24. The molecule has 0 unspecified atom stereocenters. The van der Waals surface area contributed by atoms with Crippen molar-refractivity contribution in [3.05, 3.63) is 34.2 Å². The number of hydrazine groups is 1. The van der Waals surface area contributed by atoms with Crippen LogP contribution in [-0.2, 0) is 6.54 Å². The highest BCUT2D eigenvalue weighted by Crippen LogP contribution is 2.11. The van der Waals surface area contributed by atoms with E-state index in [0.717, 1.165) is 11.1 Å². The Morgan fingerprint density at radius 1 is 1.41 bits per heavy atom. The van der Waals surface area contributed by atoms with Gasteiger partial charge in [-0.15, -0.1) is 0 Å². The van der Waals surface area contributed by atoms with Crippen molar-refractivity contribution in [2.24, 2.45) is 5.84 Å². The second-order valence-electron chi connectivity index (χ2n) is 3.76. The van der Waals surface area contributed by atoms with Crippen LogP contribution in [0, 0.1) is 0 Å². The minimum Gasteiger partial charge on any atom is -0.322 e. The molecule has 90 valence electrons. The Bertz CT molecular complexity index is 600. The first-order valence-electron chi connectivity index (χ1n) is 5.03. The number of nitrogens with two attached hydrogens (primary N) is 1. The van der Waals surface area contributed by atoms with E-state index in [1.807, 2.05) is 17.6 Å². The zero-order valence-electron chi connectivity index (χ0n) is 9.28. The number of carbonyl (C=O) groups excluding carboxylic acids is 1. The van der Waals surface area contributed by atoms with Gasteiger partial charge in [-0.3, -0.25) is 5.43 Å². The lowest BCUT2D eigenvalue weighted by Gasteiger charge is -2.16. The molecule has 0 radical (unpaired) electrons. The number of benzene rings is 1. The highest BCUT2D eigenvalue weighted by molar-refractivity contribution is 5.76. The Morgan fingerprint density at radius 3 is 2.82 bits per heavy atom. The van der Waals surface area contributed by atoms with Crippen LogP contribution < -0.4 is 17.0 Å². The summed E-state index contributed by atoms with van der Waals surface area (Å²) in [6.45, 7) is 0.409. The van der Waals surface area contributed by atoms with Crippen molar-refractivity contribution < 1.29 is 4.79 Å². The van der Waals surface area contributed by atoms with Crippen molar-refractivity contribution in [1.29, 1.82) is 0 Å². The molecule has 7 heteroatoms. The third kappa shape index (κ3) is 2.28. The lowest BCUT2D eigenvalue weighted by Crippen LogP contribution is -2.40. The van der Waals surface area contributed by atoms with Gasteiger partial charge in [-0.25, -0.2) is 15.4 Å². The van der Waals surface area contributed by atoms with E-state index in [9.17, 15) is 9.59 Å². The first-order valence-corrected chi connectivity index (χ1v) is 5.03. The van der Waals surface area contributed by atoms with Crippen LogP contribution >= 0.6 is 0 Å². The van der Waals surface area contributed by atoms with Crippen molar-refractivity contribution in [2.45, 2.75) is 6.54 Å². The van der Waals surface area contributed by atoms with Gasteiger partial charge in [0, 0.05) is 13.6 Å². The number of carbonyl (C=O) groups is 1. The third-order valence-electron chi connectivity index (χ3n) is 2.47. The van der Waals surface area contributed by atoms with Crippen LogP contribution in [0.25, 0.3) is 11.0 Å². The first kappa shape index (κ1) is 11.2. The average molecular weight is 235 g/mol. The summed E-state index contributed by atoms with van der Waals surface area (Å²) in [6, 6.07) is 5.07. The quantitative estimate of drug-likeness (QED) is 0.331. The summed E-state index contributed by atoms with van der Waals surface area (Å²) in [4.78, 5) is 29.0. The van der Waals surface area contributed by atoms with Crippen molar-refractivity contribution in [3.63, 3.8) is 0 Å². The lowest BCUT2D eigenvalue weighted by atomic mass is 10.2. The summed E-state index contributed by atoms with van der Waals surface area (Å²) in [5.41, 5.74) is 4.16. The van der Waals surface area contributed by atoms with Crippen LogP contribution in [0.4, 0.5) is 4.79 Å². The molecular formula is C10H13N5O2. The monoisotopic (exact) mass is 235 g/mol. The number of urea groups is 1. The SMILES string of the molecule is CN(Cc1ccc2[nH]c(=O)[nH]c2c1)C(=O)NN. The molecule has 0 saturated carbocycles. The van der Waals surface area contributed by atoms with E-state index < -0.39 is 0 Å². The van der Waals surface area contributed by atoms with Crippen LogP contribution in [-0.4, -0.2) is 27.9 Å². The predicted molar refractivity (Wildman–Crippen MR) is 63.1 cm³/mol. The maximum absolute atomic E-state index is 11.2. The fourth-order valence-corrected chi connectivity index (χ4v) is 1.63. The zero-order valence-corrected chi connectivity index (χ0v) is 9.28. The summed E-state index contributed by atoms with van der Waals surface area (Å²) in [6.07, 6.45) is 0. The van der Waals surface area contributed by atoms with E-state index in [-0.39, 0.29) is 11.7 Å². The van der Waals surface area contributed by atoms with Crippen LogP contribution in [0.2, 0.25) is 0 Å². The summed E-state index contributed by atoms with van der Waals surface area (Å²) >= 11 is 0. The molecule has 0 aliphatic carbocycles. The largest absolute Gasteiger partial charge is 0.331 e. The predicted octanol–water partition coefficient (Wildman–Crippen LogP) is -0.129. The molecule has 5 N–H and O–H groups in total. The molecule has 1 aromatic heterocycles. The van der Waals surface area contributed by atoms with Crippen LogP contribution in [0.15, 0.2) is 23.0 Å². The van der Waals surface area contributed by atoms with Gasteiger partial charge in [0.1, 0.15) is 0 Å². The number of nitrogens with one attached hydrogen (secondary N) is 3. The number of H-pyrrole nitrogens is 2. The van der Waals surface area contributed by atoms with Gasteiger partial charge in [-0.1, -0.05) is 6.07 Å². The van der Waals surface area contributed by atoms with Gasteiger partial charge in [0.25, 0.3) is 0 Å². The molecule has 7 nitrogen and oxygen atoms in total. The van der Waals surface area contributed by atoms with Crippen LogP contribution in [0.3, 0.4) is 0 Å². The van der Waals surface area contributed by atoms with Gasteiger partial charge in [0.05, 0.1) is 11.0 Å². The van der Waals surface area contributed by atoms with Crippen molar-refractivity contribution >= 4 is 17.1 Å². The van der Waals surface area contributed by atoms with E-state index in [1.165, 1.54) is 4.90 Å². The minimum atomic E-state index is -0.368. The van der Waals surface area contributed by atoms with Crippen molar-refractivity contribution in [1.82, 2.24) is 20.3 Å². The van der Waals surface area contributed by atoms with Gasteiger partial charge in [-0.05, 0) is 17.7 Å². The molecule has 17 heavy (non-hydrogen) atoms. The van der Waals surface area contributed by atoms with E-state index >= 15 is 0 Å². The molecule has 0 atom stereocenters. The third-order valence-corrected chi connectivity index (χ3v) is 2.47. The number of hydrogen-bond donors (Lipinski definition) is 4. The standard InChI is InChI=1S/C10H13N5O2/c1-15(10(17)14-11)5-6-2-3-7-8(4-6)13-9(16)12-7/h2-4H,5,11H2,1H3,(H,14,17)(H2,12,13,16). The number of aromatic nitrogens is 2. The fourth-order valence-electron chi connectivity index (χ4n) is 1.63. The number of nitrogens with zero attached hydrogens (tertiary/aromatic N) is 1. The molecule has 0 aliphatic heterocycles. The Hall–Kier alpha value is -2.28. The summed E-state index contributed by atoms with van der Waals surface area (Å²) in [7, 11) is 1.63. The zero-order chi connectivity index (χ0) is 12.4. The molecule has 1 heterocycles. The molecular weight excluding hydrogens is 222 g/mol. The van der Waals surface area contributed by atoms with Crippen molar-refractivity contribution in [3.8, 4) is 0 Å². The van der Waals surface area contributed by atoms with E-state index in [1.54, 1.807) is 13.1 Å². The Kier molecular flexibility index (Phi) is 2.84. The van der Waals surface area contributed by atoms with Gasteiger partial charge in [0.2, 0.25) is 0 Å². The number of fused-ring (bicyclic) bond motifs is 1. The average Bonchev–Trinajstić information content (AvgIpc) is 2.67. The highest BCUT2D eigenvalue weighted by atomic mass is 16.2. The summed E-state index contributed by atoms with van der Waals surface area (Å²) < 4.78 is 0. The van der Waals surface area contributed by atoms with Gasteiger partial charge < -0.3 is 14.9 Å². The van der Waals surface area contributed by atoms with Gasteiger partial charge >= 0.3 is 11.7 Å². The van der Waals surface area contributed by atoms with Crippen LogP contribution in [0.5, 0.6) is 0 Å². The molecule has 2 rings (SSSR count).